The molecule has 3 aromatic rings. The van der Waals surface area contributed by atoms with Gasteiger partial charge in [-0.25, -0.2) is 0 Å². The van der Waals surface area contributed by atoms with Crippen molar-refractivity contribution in [1.82, 2.24) is 24.5 Å². The van der Waals surface area contributed by atoms with Crippen LogP contribution in [0.4, 0.5) is 11.4 Å². The first-order valence-electron chi connectivity index (χ1n) is 13.4. The van der Waals surface area contributed by atoms with Gasteiger partial charge in [-0.3, -0.25) is 23.9 Å². The molecule has 0 radical (unpaired) electrons. The first kappa shape index (κ1) is 24.7. The Morgan fingerprint density at radius 3 is 2.68 bits per heavy atom. The highest BCUT2D eigenvalue weighted by Gasteiger charge is 2.39. The standard InChI is InChI=1S/C28H33N7O3/c1-19-23(16-22(17-29-19)30-25(36)18-34-11-8-28(9-12-34)6-2-7-28)31-27(37)26-33-32-24-15-21(3-10-35(24)26)20-4-13-38-14-5-20/h3-4,10,15-17H,2,5-9,11-14,18H2,1H3,(H,30,36)(H,31,37). The Morgan fingerprint density at radius 2 is 1.95 bits per heavy atom. The number of pyridine rings is 2. The average Bonchev–Trinajstić information content (AvgIpc) is 3.34. The molecule has 0 aromatic carbocycles. The van der Waals surface area contributed by atoms with Crippen molar-refractivity contribution in [1.29, 1.82) is 0 Å². The van der Waals surface area contributed by atoms with E-state index in [0.717, 1.165) is 25.1 Å². The molecule has 0 atom stereocenters. The second-order valence-electron chi connectivity index (χ2n) is 10.7. The van der Waals surface area contributed by atoms with E-state index in [1.807, 2.05) is 18.3 Å². The number of aryl methyl sites for hydroxylation is 1. The maximum Gasteiger partial charge on any atom is 0.294 e. The number of nitrogens with one attached hydrogen (secondary N) is 2. The summed E-state index contributed by atoms with van der Waals surface area (Å²) in [6.45, 7) is 5.42. The van der Waals surface area contributed by atoms with Crippen LogP contribution in [-0.4, -0.2) is 69.1 Å². The van der Waals surface area contributed by atoms with Crippen LogP contribution in [-0.2, 0) is 9.53 Å². The SMILES string of the molecule is Cc1ncc(NC(=O)CN2CCC3(CCC3)CC2)cc1NC(=O)c1nnc2cc(C3=CCOCC3)ccn12. The Kier molecular flexibility index (Phi) is 6.67. The molecule has 0 bridgehead atoms. The predicted octanol–water partition coefficient (Wildman–Crippen LogP) is 3.69. The molecule has 2 aliphatic heterocycles. The van der Waals surface area contributed by atoms with E-state index < -0.39 is 5.91 Å². The van der Waals surface area contributed by atoms with Gasteiger partial charge in [-0.2, -0.15) is 0 Å². The molecular weight excluding hydrogens is 482 g/mol. The van der Waals surface area contributed by atoms with E-state index in [1.165, 1.54) is 37.7 Å². The molecule has 38 heavy (non-hydrogen) atoms. The fraction of sp³-hybridized carbons (Fsp3) is 0.464. The van der Waals surface area contributed by atoms with Gasteiger partial charge in [0.1, 0.15) is 0 Å². The third kappa shape index (κ3) is 5.06. The average molecular weight is 516 g/mol. The van der Waals surface area contributed by atoms with Gasteiger partial charge in [0, 0.05) is 6.20 Å². The van der Waals surface area contributed by atoms with Crippen molar-refractivity contribution in [3.63, 3.8) is 0 Å². The fourth-order valence-electron chi connectivity index (χ4n) is 5.71. The lowest BCUT2D eigenvalue weighted by atomic mass is 9.63. The number of fused-ring (bicyclic) bond motifs is 1. The first-order valence-corrected chi connectivity index (χ1v) is 13.4. The van der Waals surface area contributed by atoms with Crippen LogP contribution in [0.15, 0.2) is 36.7 Å². The monoisotopic (exact) mass is 515 g/mol. The number of hydrogen-bond donors (Lipinski definition) is 2. The van der Waals surface area contributed by atoms with E-state index in [-0.39, 0.29) is 11.7 Å². The Morgan fingerprint density at radius 1 is 1.11 bits per heavy atom. The molecule has 2 fully saturated rings. The highest BCUT2D eigenvalue weighted by Crippen LogP contribution is 2.48. The highest BCUT2D eigenvalue weighted by atomic mass is 16.5. The molecule has 10 nitrogen and oxygen atoms in total. The van der Waals surface area contributed by atoms with Gasteiger partial charge in [0.15, 0.2) is 5.65 Å². The number of carbonyl (C=O) groups is 2. The van der Waals surface area contributed by atoms with Crippen LogP contribution in [0, 0.1) is 12.3 Å². The summed E-state index contributed by atoms with van der Waals surface area (Å²) in [4.78, 5) is 32.4. The lowest BCUT2D eigenvalue weighted by Gasteiger charge is -2.47. The summed E-state index contributed by atoms with van der Waals surface area (Å²) >= 11 is 0. The van der Waals surface area contributed by atoms with E-state index in [1.54, 1.807) is 23.6 Å². The first-order chi connectivity index (χ1) is 18.5. The molecule has 6 rings (SSSR count). The van der Waals surface area contributed by atoms with E-state index in [4.69, 9.17) is 4.74 Å². The van der Waals surface area contributed by atoms with Gasteiger partial charge in [-0.1, -0.05) is 12.5 Å². The van der Waals surface area contributed by atoms with Gasteiger partial charge >= 0.3 is 0 Å². The number of carbonyl (C=O) groups excluding carboxylic acids is 2. The largest absolute Gasteiger partial charge is 0.377 e. The number of ether oxygens (including phenoxy) is 1. The minimum Gasteiger partial charge on any atom is -0.377 e. The van der Waals surface area contributed by atoms with Crippen molar-refractivity contribution in [3.8, 4) is 0 Å². The number of amides is 2. The minimum atomic E-state index is -0.401. The highest BCUT2D eigenvalue weighted by molar-refractivity contribution is 6.03. The molecule has 1 saturated heterocycles. The van der Waals surface area contributed by atoms with E-state index in [2.05, 4.69) is 36.8 Å². The summed E-state index contributed by atoms with van der Waals surface area (Å²) in [7, 11) is 0. The Bertz CT molecular complexity index is 1400. The van der Waals surface area contributed by atoms with E-state index >= 15 is 0 Å². The molecule has 2 amide bonds. The molecule has 1 aliphatic carbocycles. The molecule has 0 unspecified atom stereocenters. The Labute approximate surface area is 221 Å². The minimum absolute atomic E-state index is 0.0728. The summed E-state index contributed by atoms with van der Waals surface area (Å²) < 4.78 is 7.06. The van der Waals surface area contributed by atoms with Crippen LogP contribution in [0.5, 0.6) is 0 Å². The van der Waals surface area contributed by atoms with Crippen molar-refractivity contribution in [2.75, 3.05) is 43.5 Å². The van der Waals surface area contributed by atoms with Gasteiger partial charge in [0.2, 0.25) is 11.7 Å². The third-order valence-corrected chi connectivity index (χ3v) is 8.26. The summed E-state index contributed by atoms with van der Waals surface area (Å²) in [5, 5.41) is 14.2. The number of nitrogens with zero attached hydrogens (tertiary/aromatic N) is 5. The Hall–Kier alpha value is -3.63. The van der Waals surface area contributed by atoms with Crippen LogP contribution in [0.2, 0.25) is 0 Å². The third-order valence-electron chi connectivity index (χ3n) is 8.26. The molecule has 10 heteroatoms. The zero-order chi connectivity index (χ0) is 26.1. The molecule has 3 aliphatic rings. The zero-order valence-electron chi connectivity index (χ0n) is 21.7. The second kappa shape index (κ2) is 10.3. The maximum absolute atomic E-state index is 13.1. The quantitative estimate of drug-likeness (QED) is 0.515. The maximum atomic E-state index is 13.1. The lowest BCUT2D eigenvalue weighted by Crippen LogP contribution is -2.45. The molecule has 198 valence electrons. The van der Waals surface area contributed by atoms with Crippen LogP contribution < -0.4 is 10.6 Å². The number of piperidine rings is 1. The molecule has 2 N–H and O–H groups in total. The zero-order valence-corrected chi connectivity index (χ0v) is 21.7. The summed E-state index contributed by atoms with van der Waals surface area (Å²) in [5.41, 5.74) is 5.10. The molecule has 3 aromatic heterocycles. The molecule has 1 spiro atoms. The van der Waals surface area contributed by atoms with Crippen LogP contribution >= 0.6 is 0 Å². The number of aromatic nitrogens is 4. The molecule has 1 saturated carbocycles. The van der Waals surface area contributed by atoms with Crippen molar-refractivity contribution >= 4 is 34.4 Å². The van der Waals surface area contributed by atoms with Gasteiger partial charge in [0.25, 0.3) is 5.91 Å². The molecule has 5 heterocycles. The van der Waals surface area contributed by atoms with Gasteiger partial charge < -0.3 is 15.4 Å². The molecular formula is C28H33N7O3. The smallest absolute Gasteiger partial charge is 0.294 e. The Balaban J connectivity index is 1.10. The number of anilines is 2. The normalized spacial score (nSPS) is 19.1. The van der Waals surface area contributed by atoms with Gasteiger partial charge in [0.05, 0.1) is 43.0 Å². The fourth-order valence-corrected chi connectivity index (χ4v) is 5.71. The van der Waals surface area contributed by atoms with Crippen LogP contribution in [0.25, 0.3) is 11.2 Å². The van der Waals surface area contributed by atoms with E-state index in [9.17, 15) is 9.59 Å². The van der Waals surface area contributed by atoms with Crippen LogP contribution in [0.3, 0.4) is 0 Å². The summed E-state index contributed by atoms with van der Waals surface area (Å²) in [6, 6.07) is 5.62. The van der Waals surface area contributed by atoms with Crippen molar-refractivity contribution in [2.24, 2.45) is 5.41 Å². The summed E-state index contributed by atoms with van der Waals surface area (Å²) in [5.74, 6) is -0.297. The summed E-state index contributed by atoms with van der Waals surface area (Å²) in [6.07, 6.45) is 12.7. The van der Waals surface area contributed by atoms with Crippen molar-refractivity contribution < 1.29 is 14.3 Å². The van der Waals surface area contributed by atoms with Crippen molar-refractivity contribution in [3.05, 3.63) is 53.8 Å². The van der Waals surface area contributed by atoms with Crippen molar-refractivity contribution in [2.45, 2.75) is 45.4 Å². The van der Waals surface area contributed by atoms with Crippen LogP contribution in [0.1, 0.15) is 60.4 Å². The second-order valence-corrected chi connectivity index (χ2v) is 10.7. The predicted molar refractivity (Wildman–Crippen MR) is 144 cm³/mol. The number of rotatable bonds is 6. The van der Waals surface area contributed by atoms with Gasteiger partial charge in [-0.15, -0.1) is 10.2 Å². The topological polar surface area (TPSA) is 114 Å². The van der Waals surface area contributed by atoms with E-state index in [0.29, 0.717) is 47.9 Å². The number of hydrogen-bond acceptors (Lipinski definition) is 7. The number of likely N-dealkylation sites (tertiary alicyclic amines) is 1. The lowest BCUT2D eigenvalue weighted by molar-refractivity contribution is -0.118. The van der Waals surface area contributed by atoms with Gasteiger partial charge in [-0.05, 0) is 86.9 Å².